The lowest BCUT2D eigenvalue weighted by molar-refractivity contribution is -0.122. The molecule has 0 aliphatic heterocycles. The maximum Gasteiger partial charge on any atom is 0.149 e. The standard InChI is InChI=1S/C13H20N2O/c1-4-13(16)11(2)15(3)10-8-12-7-5-6-9-14-12/h5-7,9,11H,4,8,10H2,1-3H3. The molecule has 3 nitrogen and oxygen atoms in total. The number of hydrogen-bond donors (Lipinski definition) is 0. The van der Waals surface area contributed by atoms with E-state index in [1.807, 2.05) is 39.1 Å². The van der Waals surface area contributed by atoms with Crippen LogP contribution in [0.1, 0.15) is 26.0 Å². The zero-order valence-electron chi connectivity index (χ0n) is 10.3. The normalized spacial score (nSPS) is 12.8. The summed E-state index contributed by atoms with van der Waals surface area (Å²) in [6.07, 6.45) is 3.30. The van der Waals surface area contributed by atoms with Crippen molar-refractivity contribution >= 4 is 5.78 Å². The third-order valence-electron chi connectivity index (χ3n) is 2.92. The van der Waals surface area contributed by atoms with Crippen molar-refractivity contribution < 1.29 is 4.79 Å². The number of hydrogen-bond acceptors (Lipinski definition) is 3. The Morgan fingerprint density at radius 1 is 1.50 bits per heavy atom. The van der Waals surface area contributed by atoms with Crippen molar-refractivity contribution in [3.63, 3.8) is 0 Å². The second kappa shape index (κ2) is 6.38. The Balaban J connectivity index is 2.41. The van der Waals surface area contributed by atoms with Crippen LogP contribution in [0.15, 0.2) is 24.4 Å². The summed E-state index contributed by atoms with van der Waals surface area (Å²) >= 11 is 0. The maximum absolute atomic E-state index is 11.5. The van der Waals surface area contributed by atoms with Crippen molar-refractivity contribution in [1.82, 2.24) is 9.88 Å². The third kappa shape index (κ3) is 3.74. The lowest BCUT2D eigenvalue weighted by atomic mass is 10.1. The van der Waals surface area contributed by atoms with Crippen LogP contribution in [-0.4, -0.2) is 35.3 Å². The Kier molecular flexibility index (Phi) is 5.12. The largest absolute Gasteiger partial charge is 0.298 e. The number of nitrogens with zero attached hydrogens (tertiary/aromatic N) is 2. The van der Waals surface area contributed by atoms with Gasteiger partial charge in [-0.3, -0.25) is 14.7 Å². The maximum atomic E-state index is 11.5. The molecule has 0 amide bonds. The molecule has 1 aromatic rings. The molecule has 1 atom stereocenters. The summed E-state index contributed by atoms with van der Waals surface area (Å²) in [5, 5.41) is 0. The van der Waals surface area contributed by atoms with Gasteiger partial charge < -0.3 is 0 Å². The molecule has 88 valence electrons. The van der Waals surface area contributed by atoms with Crippen LogP contribution >= 0.6 is 0 Å². The van der Waals surface area contributed by atoms with Crippen LogP contribution in [0.2, 0.25) is 0 Å². The minimum absolute atomic E-state index is 0.00807. The molecule has 1 heterocycles. The average molecular weight is 220 g/mol. The SMILES string of the molecule is CCC(=O)C(C)N(C)CCc1ccccn1. The highest BCUT2D eigenvalue weighted by Crippen LogP contribution is 2.02. The van der Waals surface area contributed by atoms with E-state index in [-0.39, 0.29) is 6.04 Å². The average Bonchev–Trinajstić information content (AvgIpc) is 2.35. The van der Waals surface area contributed by atoms with Crippen molar-refractivity contribution in [3.8, 4) is 0 Å². The quantitative estimate of drug-likeness (QED) is 0.734. The number of pyridine rings is 1. The molecule has 1 aromatic heterocycles. The van der Waals surface area contributed by atoms with Gasteiger partial charge in [0.05, 0.1) is 6.04 Å². The zero-order chi connectivity index (χ0) is 12.0. The topological polar surface area (TPSA) is 33.2 Å². The van der Waals surface area contributed by atoms with Gasteiger partial charge in [0.2, 0.25) is 0 Å². The van der Waals surface area contributed by atoms with Gasteiger partial charge in [-0.2, -0.15) is 0 Å². The highest BCUT2D eigenvalue weighted by Gasteiger charge is 2.15. The van der Waals surface area contributed by atoms with E-state index < -0.39 is 0 Å². The molecule has 0 radical (unpaired) electrons. The highest BCUT2D eigenvalue weighted by molar-refractivity contribution is 5.83. The highest BCUT2D eigenvalue weighted by atomic mass is 16.1. The Morgan fingerprint density at radius 3 is 2.81 bits per heavy atom. The van der Waals surface area contributed by atoms with E-state index in [1.54, 1.807) is 6.20 Å². The van der Waals surface area contributed by atoms with E-state index in [0.717, 1.165) is 18.7 Å². The van der Waals surface area contributed by atoms with Gasteiger partial charge in [0.25, 0.3) is 0 Å². The number of rotatable bonds is 6. The molecule has 0 N–H and O–H groups in total. The summed E-state index contributed by atoms with van der Waals surface area (Å²) in [5.41, 5.74) is 1.07. The molecular formula is C13H20N2O. The number of Topliss-reactive ketones (excluding diaryl/α,β-unsaturated/α-hetero) is 1. The van der Waals surface area contributed by atoms with E-state index in [9.17, 15) is 4.79 Å². The second-order valence-electron chi connectivity index (χ2n) is 4.05. The predicted molar refractivity (Wildman–Crippen MR) is 65.3 cm³/mol. The molecule has 0 bridgehead atoms. The second-order valence-corrected chi connectivity index (χ2v) is 4.05. The van der Waals surface area contributed by atoms with E-state index in [0.29, 0.717) is 12.2 Å². The third-order valence-corrected chi connectivity index (χ3v) is 2.92. The van der Waals surface area contributed by atoms with Gasteiger partial charge in [-0.05, 0) is 26.1 Å². The molecule has 16 heavy (non-hydrogen) atoms. The number of likely N-dealkylation sites (N-methyl/N-ethyl adjacent to an activating group) is 1. The lowest BCUT2D eigenvalue weighted by Gasteiger charge is -2.22. The molecule has 1 unspecified atom stereocenters. The Hall–Kier alpha value is -1.22. The molecule has 0 aromatic carbocycles. The molecule has 0 spiro atoms. The summed E-state index contributed by atoms with van der Waals surface area (Å²) in [5.74, 6) is 0.295. The Bertz CT molecular complexity index is 324. The molecule has 1 rings (SSSR count). The fourth-order valence-corrected chi connectivity index (χ4v) is 1.57. The fourth-order valence-electron chi connectivity index (χ4n) is 1.57. The smallest absolute Gasteiger partial charge is 0.149 e. The van der Waals surface area contributed by atoms with Gasteiger partial charge in [-0.1, -0.05) is 13.0 Å². The van der Waals surface area contributed by atoms with Crippen LogP contribution in [0.25, 0.3) is 0 Å². The summed E-state index contributed by atoms with van der Waals surface area (Å²) < 4.78 is 0. The Labute approximate surface area is 97.5 Å². The van der Waals surface area contributed by atoms with Crippen molar-refractivity contribution in [2.24, 2.45) is 0 Å². The van der Waals surface area contributed by atoms with Crippen molar-refractivity contribution in [2.45, 2.75) is 32.7 Å². The van der Waals surface area contributed by atoms with E-state index in [2.05, 4.69) is 9.88 Å². The molecule has 3 heteroatoms. The Morgan fingerprint density at radius 2 is 2.25 bits per heavy atom. The first-order valence-electron chi connectivity index (χ1n) is 5.78. The molecule has 0 saturated carbocycles. The summed E-state index contributed by atoms with van der Waals surface area (Å²) in [6.45, 7) is 4.74. The van der Waals surface area contributed by atoms with Crippen LogP contribution in [0.5, 0.6) is 0 Å². The fraction of sp³-hybridized carbons (Fsp3) is 0.538. The minimum Gasteiger partial charge on any atom is -0.298 e. The number of ketones is 1. The number of aromatic nitrogens is 1. The van der Waals surface area contributed by atoms with E-state index in [1.165, 1.54) is 0 Å². The predicted octanol–water partition coefficient (Wildman–Crippen LogP) is 1.92. The van der Waals surface area contributed by atoms with E-state index in [4.69, 9.17) is 0 Å². The number of carbonyl (C=O) groups excluding carboxylic acids is 1. The van der Waals surface area contributed by atoms with Crippen LogP contribution in [-0.2, 0) is 11.2 Å². The first-order chi connectivity index (χ1) is 7.65. The summed E-state index contributed by atoms with van der Waals surface area (Å²) in [4.78, 5) is 17.9. The van der Waals surface area contributed by atoms with Crippen molar-refractivity contribution in [1.29, 1.82) is 0 Å². The van der Waals surface area contributed by atoms with Crippen LogP contribution < -0.4 is 0 Å². The van der Waals surface area contributed by atoms with Crippen molar-refractivity contribution in [3.05, 3.63) is 30.1 Å². The zero-order valence-corrected chi connectivity index (χ0v) is 10.3. The molecule has 0 aliphatic rings. The lowest BCUT2D eigenvalue weighted by Crippen LogP contribution is -2.37. The van der Waals surface area contributed by atoms with Gasteiger partial charge in [0.1, 0.15) is 5.78 Å². The van der Waals surface area contributed by atoms with Gasteiger partial charge in [0, 0.05) is 31.3 Å². The summed E-state index contributed by atoms with van der Waals surface area (Å²) in [7, 11) is 1.99. The minimum atomic E-state index is 0.00807. The molecule has 0 aliphatic carbocycles. The van der Waals surface area contributed by atoms with Gasteiger partial charge in [-0.25, -0.2) is 0 Å². The van der Waals surface area contributed by atoms with Crippen LogP contribution in [0.4, 0.5) is 0 Å². The van der Waals surface area contributed by atoms with Gasteiger partial charge in [-0.15, -0.1) is 0 Å². The number of carbonyl (C=O) groups is 1. The van der Waals surface area contributed by atoms with Crippen molar-refractivity contribution in [2.75, 3.05) is 13.6 Å². The first-order valence-corrected chi connectivity index (χ1v) is 5.78. The van der Waals surface area contributed by atoms with Gasteiger partial charge in [0.15, 0.2) is 0 Å². The van der Waals surface area contributed by atoms with Gasteiger partial charge >= 0.3 is 0 Å². The monoisotopic (exact) mass is 220 g/mol. The summed E-state index contributed by atoms with van der Waals surface area (Å²) in [6, 6.07) is 5.92. The van der Waals surface area contributed by atoms with Crippen LogP contribution in [0.3, 0.4) is 0 Å². The van der Waals surface area contributed by atoms with Crippen LogP contribution in [0, 0.1) is 0 Å². The first kappa shape index (κ1) is 12.8. The molecule has 0 fully saturated rings. The molecular weight excluding hydrogens is 200 g/mol. The molecule has 0 saturated heterocycles. The van der Waals surface area contributed by atoms with E-state index >= 15 is 0 Å².